The number of aromatic carboxylic acids is 1. The minimum atomic E-state index is -0.971. The maximum atomic E-state index is 11.2. The second-order valence-electron chi connectivity index (χ2n) is 5.69. The van der Waals surface area contributed by atoms with Crippen molar-refractivity contribution >= 4 is 17.0 Å². The summed E-state index contributed by atoms with van der Waals surface area (Å²) in [6, 6.07) is 3.52. The zero-order valence-electron chi connectivity index (χ0n) is 11.6. The monoisotopic (exact) mass is 273 g/mol. The summed E-state index contributed by atoms with van der Waals surface area (Å²) in [4.78, 5) is 20.9. The van der Waals surface area contributed by atoms with Crippen LogP contribution in [0.2, 0.25) is 0 Å². The van der Waals surface area contributed by atoms with Gasteiger partial charge < -0.3 is 10.1 Å². The van der Waals surface area contributed by atoms with Crippen molar-refractivity contribution in [3.05, 3.63) is 29.6 Å². The molecular formula is C15H19N3O2. The molecule has 2 N–H and O–H groups in total. The molecule has 2 aromatic rings. The molecule has 2 aromatic heterocycles. The van der Waals surface area contributed by atoms with Crippen molar-refractivity contribution in [1.82, 2.24) is 14.9 Å². The molecule has 3 rings (SSSR count). The quantitative estimate of drug-likeness (QED) is 0.901. The molecule has 5 nitrogen and oxygen atoms in total. The van der Waals surface area contributed by atoms with E-state index in [-0.39, 0.29) is 5.69 Å². The third-order valence-corrected chi connectivity index (χ3v) is 3.95. The summed E-state index contributed by atoms with van der Waals surface area (Å²) in [6.07, 6.45) is 4.31. The van der Waals surface area contributed by atoms with E-state index in [0.717, 1.165) is 36.2 Å². The van der Waals surface area contributed by atoms with Crippen LogP contribution in [0.3, 0.4) is 0 Å². The Morgan fingerprint density at radius 1 is 1.60 bits per heavy atom. The molecule has 1 atom stereocenters. The summed E-state index contributed by atoms with van der Waals surface area (Å²) in [6.45, 7) is 5.21. The molecule has 0 amide bonds. The van der Waals surface area contributed by atoms with Crippen molar-refractivity contribution in [2.75, 3.05) is 13.1 Å². The predicted octanol–water partition coefficient (Wildman–Crippen LogP) is 2.49. The van der Waals surface area contributed by atoms with E-state index in [1.165, 1.54) is 12.8 Å². The average Bonchev–Trinajstić information content (AvgIpc) is 2.87. The molecule has 0 aromatic carbocycles. The Bertz CT molecular complexity index is 635. The topological polar surface area (TPSA) is 69.2 Å². The fraction of sp³-hybridized carbons (Fsp3) is 0.467. The summed E-state index contributed by atoms with van der Waals surface area (Å²) in [5.74, 6) is -0.259. The van der Waals surface area contributed by atoms with Gasteiger partial charge in [0, 0.05) is 19.3 Å². The van der Waals surface area contributed by atoms with Gasteiger partial charge in [0.2, 0.25) is 0 Å². The van der Waals surface area contributed by atoms with Gasteiger partial charge in [-0.2, -0.15) is 0 Å². The van der Waals surface area contributed by atoms with Crippen LogP contribution in [-0.4, -0.2) is 39.0 Å². The number of pyridine rings is 1. The lowest BCUT2D eigenvalue weighted by Crippen LogP contribution is -2.33. The summed E-state index contributed by atoms with van der Waals surface area (Å²) >= 11 is 0. The van der Waals surface area contributed by atoms with Crippen LogP contribution in [0.15, 0.2) is 18.3 Å². The number of aromatic nitrogens is 2. The highest BCUT2D eigenvalue weighted by molar-refractivity contribution is 5.90. The Hall–Kier alpha value is -1.88. The largest absolute Gasteiger partial charge is 0.477 e. The van der Waals surface area contributed by atoms with E-state index in [2.05, 4.69) is 21.8 Å². The van der Waals surface area contributed by atoms with Gasteiger partial charge in [0.25, 0.3) is 0 Å². The molecule has 0 bridgehead atoms. The number of rotatable bonds is 3. The van der Waals surface area contributed by atoms with Gasteiger partial charge >= 0.3 is 5.97 Å². The van der Waals surface area contributed by atoms with E-state index in [1.54, 1.807) is 6.07 Å². The number of carbonyl (C=O) groups is 1. The molecule has 3 heterocycles. The summed E-state index contributed by atoms with van der Waals surface area (Å²) in [7, 11) is 0. The maximum Gasteiger partial charge on any atom is 0.354 e. The number of carboxylic acids is 1. The molecule has 20 heavy (non-hydrogen) atoms. The average molecular weight is 273 g/mol. The van der Waals surface area contributed by atoms with E-state index in [4.69, 9.17) is 5.11 Å². The molecule has 0 radical (unpaired) electrons. The van der Waals surface area contributed by atoms with E-state index >= 15 is 0 Å². The first kappa shape index (κ1) is 13.1. The van der Waals surface area contributed by atoms with Crippen LogP contribution in [0.25, 0.3) is 11.0 Å². The fourth-order valence-corrected chi connectivity index (χ4v) is 3.02. The summed E-state index contributed by atoms with van der Waals surface area (Å²) < 4.78 is 0. The van der Waals surface area contributed by atoms with Gasteiger partial charge in [-0.3, -0.25) is 4.90 Å². The van der Waals surface area contributed by atoms with Gasteiger partial charge in [-0.25, -0.2) is 9.78 Å². The Balaban J connectivity index is 1.93. The number of fused-ring (bicyclic) bond motifs is 1. The van der Waals surface area contributed by atoms with Gasteiger partial charge in [-0.05, 0) is 43.0 Å². The molecule has 0 spiro atoms. The minimum Gasteiger partial charge on any atom is -0.477 e. The van der Waals surface area contributed by atoms with Crippen molar-refractivity contribution in [1.29, 1.82) is 0 Å². The Kier molecular flexibility index (Phi) is 3.44. The van der Waals surface area contributed by atoms with Crippen LogP contribution in [0.1, 0.15) is 35.8 Å². The lowest BCUT2D eigenvalue weighted by molar-refractivity contribution is 0.0690. The van der Waals surface area contributed by atoms with Crippen molar-refractivity contribution in [3.63, 3.8) is 0 Å². The van der Waals surface area contributed by atoms with Crippen LogP contribution in [-0.2, 0) is 6.54 Å². The fourth-order valence-electron chi connectivity index (χ4n) is 3.02. The van der Waals surface area contributed by atoms with Crippen LogP contribution >= 0.6 is 0 Å². The highest BCUT2D eigenvalue weighted by Crippen LogP contribution is 2.22. The van der Waals surface area contributed by atoms with E-state index in [1.807, 2.05) is 12.3 Å². The van der Waals surface area contributed by atoms with Crippen LogP contribution in [0.4, 0.5) is 0 Å². The number of carboxylic acid groups (broad SMARTS) is 1. The normalized spacial score (nSPS) is 20.4. The highest BCUT2D eigenvalue weighted by Gasteiger charge is 2.19. The third kappa shape index (κ3) is 2.54. The van der Waals surface area contributed by atoms with Gasteiger partial charge in [0.1, 0.15) is 5.69 Å². The number of aromatic amines is 1. The predicted molar refractivity (Wildman–Crippen MR) is 76.7 cm³/mol. The van der Waals surface area contributed by atoms with Gasteiger partial charge in [-0.1, -0.05) is 6.92 Å². The van der Waals surface area contributed by atoms with Crippen molar-refractivity contribution < 1.29 is 9.90 Å². The molecule has 0 unspecified atom stereocenters. The zero-order chi connectivity index (χ0) is 14.1. The molecule has 0 saturated carbocycles. The maximum absolute atomic E-state index is 11.2. The Labute approximate surface area is 117 Å². The number of hydrogen-bond acceptors (Lipinski definition) is 3. The van der Waals surface area contributed by atoms with E-state index in [0.29, 0.717) is 5.92 Å². The van der Waals surface area contributed by atoms with Gasteiger partial charge in [-0.15, -0.1) is 0 Å². The molecule has 1 aliphatic rings. The summed E-state index contributed by atoms with van der Waals surface area (Å²) in [5, 5.41) is 9.17. The number of H-pyrrole nitrogens is 1. The van der Waals surface area contributed by atoms with Gasteiger partial charge in [0.05, 0.1) is 11.0 Å². The zero-order valence-corrected chi connectivity index (χ0v) is 11.6. The number of nitrogens with zero attached hydrogens (tertiary/aromatic N) is 2. The first-order valence-electron chi connectivity index (χ1n) is 7.06. The summed E-state index contributed by atoms with van der Waals surface area (Å²) in [5.41, 5.74) is 2.82. The lowest BCUT2D eigenvalue weighted by atomic mass is 9.99. The minimum absolute atomic E-state index is 0.122. The number of hydrogen-bond donors (Lipinski definition) is 2. The van der Waals surface area contributed by atoms with Crippen LogP contribution in [0, 0.1) is 5.92 Å². The Morgan fingerprint density at radius 2 is 2.45 bits per heavy atom. The second-order valence-corrected chi connectivity index (χ2v) is 5.69. The smallest absolute Gasteiger partial charge is 0.354 e. The van der Waals surface area contributed by atoms with Gasteiger partial charge in [0.15, 0.2) is 0 Å². The Morgan fingerprint density at radius 3 is 3.20 bits per heavy atom. The van der Waals surface area contributed by atoms with Crippen LogP contribution in [0.5, 0.6) is 0 Å². The number of piperidine rings is 1. The van der Waals surface area contributed by atoms with Crippen LogP contribution < -0.4 is 0 Å². The molecule has 1 aliphatic heterocycles. The first-order valence-corrected chi connectivity index (χ1v) is 7.06. The molecule has 1 saturated heterocycles. The first-order chi connectivity index (χ1) is 9.63. The molecule has 106 valence electrons. The lowest BCUT2D eigenvalue weighted by Gasteiger charge is -2.30. The van der Waals surface area contributed by atoms with E-state index < -0.39 is 5.97 Å². The van der Waals surface area contributed by atoms with Crippen molar-refractivity contribution in [2.45, 2.75) is 26.3 Å². The molecule has 5 heteroatoms. The molecule has 0 aliphatic carbocycles. The third-order valence-electron chi connectivity index (χ3n) is 3.95. The van der Waals surface area contributed by atoms with Crippen molar-refractivity contribution in [2.24, 2.45) is 5.92 Å². The standard InChI is InChI=1S/C15H19N3O2/c1-10-3-2-6-18(8-10)9-11-7-13(15(19)20)17-12-4-5-16-14(11)12/h4-5,7,10,16H,2-3,6,8-9H2,1H3,(H,19,20)/t10-/m0/s1. The van der Waals surface area contributed by atoms with E-state index in [9.17, 15) is 4.79 Å². The number of nitrogens with one attached hydrogen (secondary N) is 1. The second kappa shape index (κ2) is 5.25. The SMILES string of the molecule is C[C@H]1CCCN(Cc2cc(C(=O)O)nc3cc[nH]c23)C1. The molecule has 1 fully saturated rings. The highest BCUT2D eigenvalue weighted by atomic mass is 16.4. The molecular weight excluding hydrogens is 254 g/mol. The number of likely N-dealkylation sites (tertiary alicyclic amines) is 1. The van der Waals surface area contributed by atoms with Crippen molar-refractivity contribution in [3.8, 4) is 0 Å².